The monoisotopic (exact) mass is 163 g/mol. The third kappa shape index (κ3) is 7.78. The van der Waals surface area contributed by atoms with E-state index in [1.165, 1.54) is 18.0 Å². The first-order valence-corrected chi connectivity index (χ1v) is 3.81. The van der Waals surface area contributed by atoms with Crippen LogP contribution in [-0.4, -0.2) is 16.7 Å². The summed E-state index contributed by atoms with van der Waals surface area (Å²) in [6.07, 6.45) is 1.40. The van der Waals surface area contributed by atoms with Crippen molar-refractivity contribution in [3.05, 3.63) is 12.8 Å². The Morgan fingerprint density at radius 2 is 2.56 bits per heavy atom. The minimum Gasteiger partial charge on any atom is -0.501 e. The second kappa shape index (κ2) is 5.91. The summed E-state index contributed by atoms with van der Waals surface area (Å²) < 4.78 is 5.27. The van der Waals surface area contributed by atoms with E-state index < -0.39 is 0 Å². The molecular formula is C5H9NOS2. The Morgan fingerprint density at radius 1 is 1.89 bits per heavy atom. The van der Waals surface area contributed by atoms with Gasteiger partial charge in [0.2, 0.25) is 0 Å². The van der Waals surface area contributed by atoms with Crippen LogP contribution in [0.4, 0.5) is 0 Å². The summed E-state index contributed by atoms with van der Waals surface area (Å²) in [4.78, 5) is 0. The van der Waals surface area contributed by atoms with Gasteiger partial charge in [0.1, 0.15) is 4.32 Å². The summed E-state index contributed by atoms with van der Waals surface area (Å²) in [6, 6.07) is 0. The lowest BCUT2D eigenvalue weighted by Crippen LogP contribution is -2.04. The van der Waals surface area contributed by atoms with Gasteiger partial charge in [-0.15, -0.1) is 0 Å². The highest BCUT2D eigenvalue weighted by molar-refractivity contribution is 8.22. The average Bonchev–Trinajstić information content (AvgIpc) is 1.80. The van der Waals surface area contributed by atoms with E-state index in [1.807, 2.05) is 0 Å². The molecule has 0 unspecified atom stereocenters. The quantitative estimate of drug-likeness (QED) is 0.383. The molecule has 0 aromatic carbocycles. The fraction of sp³-hybridized carbons (Fsp3) is 0.400. The normalized spacial score (nSPS) is 8.44. The van der Waals surface area contributed by atoms with Gasteiger partial charge in [0.05, 0.1) is 12.9 Å². The highest BCUT2D eigenvalue weighted by Gasteiger charge is 1.88. The molecule has 0 spiro atoms. The molecule has 9 heavy (non-hydrogen) atoms. The Bertz CT molecular complexity index is 105. The third-order valence-electron chi connectivity index (χ3n) is 0.563. The van der Waals surface area contributed by atoms with Gasteiger partial charge in [-0.3, -0.25) is 0 Å². The molecule has 0 rings (SSSR count). The molecule has 4 heteroatoms. The van der Waals surface area contributed by atoms with E-state index in [1.54, 1.807) is 0 Å². The van der Waals surface area contributed by atoms with Crippen LogP contribution in [0.2, 0.25) is 0 Å². The Balaban J connectivity index is 2.91. The van der Waals surface area contributed by atoms with Gasteiger partial charge in [-0.05, 0) is 0 Å². The van der Waals surface area contributed by atoms with Crippen molar-refractivity contribution in [3.8, 4) is 0 Å². The number of thiocarbonyl (C=S) groups is 1. The molecule has 0 heterocycles. The molecule has 0 saturated carbocycles. The first kappa shape index (κ1) is 8.78. The molecule has 2 N–H and O–H groups in total. The minimum atomic E-state index is 0.461. The second-order valence-electron chi connectivity index (χ2n) is 1.20. The molecule has 52 valence electrons. The Labute approximate surface area is 64.4 Å². The number of nitrogens with two attached hydrogens (primary N) is 1. The standard InChI is InChI=1S/C5H9NOS2/c1-2-7-3-4-9-5(6)8/h2H,1,3-4H2,(H2,6,8). The molecule has 0 aromatic rings. The number of hydrogen-bond donors (Lipinski definition) is 1. The van der Waals surface area contributed by atoms with E-state index in [0.717, 1.165) is 5.75 Å². The van der Waals surface area contributed by atoms with Crippen LogP contribution < -0.4 is 5.73 Å². The Morgan fingerprint density at radius 3 is 3.00 bits per heavy atom. The zero-order valence-corrected chi connectivity index (χ0v) is 6.63. The molecule has 0 atom stereocenters. The Hall–Kier alpha value is -0.220. The van der Waals surface area contributed by atoms with Gasteiger partial charge in [0.25, 0.3) is 0 Å². The van der Waals surface area contributed by atoms with Gasteiger partial charge in [-0.1, -0.05) is 30.6 Å². The molecule has 0 aliphatic rings. The number of thioether (sulfide) groups is 1. The van der Waals surface area contributed by atoms with E-state index in [2.05, 4.69) is 18.8 Å². The average molecular weight is 163 g/mol. The summed E-state index contributed by atoms with van der Waals surface area (Å²) in [5.74, 6) is 0.793. The van der Waals surface area contributed by atoms with E-state index in [0.29, 0.717) is 10.9 Å². The van der Waals surface area contributed by atoms with Gasteiger partial charge >= 0.3 is 0 Å². The van der Waals surface area contributed by atoms with Crippen molar-refractivity contribution in [2.24, 2.45) is 5.73 Å². The van der Waals surface area contributed by atoms with Crippen LogP contribution in [0.25, 0.3) is 0 Å². The lowest BCUT2D eigenvalue weighted by molar-refractivity contribution is 0.274. The predicted octanol–water partition coefficient (Wildman–Crippen LogP) is 1.12. The Kier molecular flexibility index (Phi) is 5.76. The molecule has 0 aliphatic carbocycles. The molecule has 0 fully saturated rings. The zero-order chi connectivity index (χ0) is 7.11. The summed E-state index contributed by atoms with van der Waals surface area (Å²) in [7, 11) is 0. The molecule has 0 aliphatic heterocycles. The van der Waals surface area contributed by atoms with Crippen molar-refractivity contribution in [2.75, 3.05) is 12.4 Å². The van der Waals surface area contributed by atoms with Crippen LogP contribution in [0, 0.1) is 0 Å². The fourth-order valence-electron chi connectivity index (χ4n) is 0.274. The van der Waals surface area contributed by atoms with Crippen LogP contribution in [0.3, 0.4) is 0 Å². The topological polar surface area (TPSA) is 35.2 Å². The fourth-order valence-corrected chi connectivity index (χ4v) is 0.904. The summed E-state index contributed by atoms with van der Waals surface area (Å²) in [5, 5.41) is 0. The maximum absolute atomic E-state index is 5.19. The van der Waals surface area contributed by atoms with Crippen molar-refractivity contribution < 1.29 is 4.74 Å². The van der Waals surface area contributed by atoms with Crippen LogP contribution in [0.1, 0.15) is 0 Å². The maximum Gasteiger partial charge on any atom is 0.131 e. The third-order valence-corrected chi connectivity index (χ3v) is 1.57. The molecular weight excluding hydrogens is 154 g/mol. The highest BCUT2D eigenvalue weighted by Crippen LogP contribution is 1.97. The number of hydrogen-bond acceptors (Lipinski definition) is 3. The SMILES string of the molecule is C=COCCSC(N)=S. The molecule has 0 saturated heterocycles. The zero-order valence-electron chi connectivity index (χ0n) is 5.00. The maximum atomic E-state index is 5.19. The van der Waals surface area contributed by atoms with Gasteiger partial charge in [-0.25, -0.2) is 0 Å². The number of ether oxygens (including phenoxy) is 1. The molecule has 0 bridgehead atoms. The van der Waals surface area contributed by atoms with Crippen molar-refractivity contribution in [1.82, 2.24) is 0 Å². The molecule has 0 amide bonds. The van der Waals surface area contributed by atoms with Crippen LogP contribution in [-0.2, 0) is 4.74 Å². The van der Waals surface area contributed by atoms with E-state index in [9.17, 15) is 0 Å². The van der Waals surface area contributed by atoms with Gasteiger partial charge in [0, 0.05) is 5.75 Å². The molecule has 0 radical (unpaired) electrons. The lowest BCUT2D eigenvalue weighted by atomic mass is 10.8. The van der Waals surface area contributed by atoms with Gasteiger partial charge < -0.3 is 10.5 Å². The predicted molar refractivity (Wildman–Crippen MR) is 45.4 cm³/mol. The van der Waals surface area contributed by atoms with Crippen molar-refractivity contribution >= 4 is 28.3 Å². The van der Waals surface area contributed by atoms with Crippen LogP contribution in [0.5, 0.6) is 0 Å². The van der Waals surface area contributed by atoms with Gasteiger partial charge in [0.15, 0.2) is 0 Å². The van der Waals surface area contributed by atoms with Gasteiger partial charge in [-0.2, -0.15) is 0 Å². The first-order chi connectivity index (χ1) is 4.27. The molecule has 0 aromatic heterocycles. The van der Waals surface area contributed by atoms with Crippen LogP contribution >= 0.6 is 24.0 Å². The van der Waals surface area contributed by atoms with Crippen molar-refractivity contribution in [2.45, 2.75) is 0 Å². The minimum absolute atomic E-state index is 0.461. The van der Waals surface area contributed by atoms with Crippen molar-refractivity contribution in [3.63, 3.8) is 0 Å². The van der Waals surface area contributed by atoms with E-state index >= 15 is 0 Å². The largest absolute Gasteiger partial charge is 0.501 e. The first-order valence-electron chi connectivity index (χ1n) is 2.42. The molecule has 2 nitrogen and oxygen atoms in total. The lowest BCUT2D eigenvalue weighted by Gasteiger charge is -1.97. The smallest absolute Gasteiger partial charge is 0.131 e. The van der Waals surface area contributed by atoms with Crippen LogP contribution in [0.15, 0.2) is 12.8 Å². The summed E-state index contributed by atoms with van der Waals surface area (Å²) >= 11 is 6.01. The van der Waals surface area contributed by atoms with E-state index in [-0.39, 0.29) is 0 Å². The van der Waals surface area contributed by atoms with E-state index in [4.69, 9.17) is 10.5 Å². The number of rotatable bonds is 4. The summed E-state index contributed by atoms with van der Waals surface area (Å²) in [6.45, 7) is 4.00. The van der Waals surface area contributed by atoms with Crippen molar-refractivity contribution in [1.29, 1.82) is 0 Å². The second-order valence-corrected chi connectivity index (χ2v) is 3.04. The summed E-state index contributed by atoms with van der Waals surface area (Å²) in [5.41, 5.74) is 5.19. The highest BCUT2D eigenvalue weighted by atomic mass is 32.2.